The van der Waals surface area contributed by atoms with E-state index in [2.05, 4.69) is 18.0 Å². The number of pyridine rings is 1. The molecule has 0 spiro atoms. The number of nitrogen functional groups attached to an aromatic ring is 1. The van der Waals surface area contributed by atoms with Gasteiger partial charge in [-0.1, -0.05) is 18.5 Å². The normalized spacial score (nSPS) is 10.9. The van der Waals surface area contributed by atoms with Crippen molar-refractivity contribution in [3.8, 4) is 0 Å². The summed E-state index contributed by atoms with van der Waals surface area (Å²) in [6.07, 6.45) is 0.935. The molecule has 0 atom stereocenters. The number of hydrogen-bond acceptors (Lipinski definition) is 2. The van der Waals surface area contributed by atoms with Gasteiger partial charge in [0.2, 0.25) is 0 Å². The fourth-order valence-electron chi connectivity index (χ4n) is 1.84. The fourth-order valence-corrected chi connectivity index (χ4v) is 2.04. The second-order valence-corrected chi connectivity index (χ2v) is 4.04. The van der Waals surface area contributed by atoms with Crippen LogP contribution in [0.5, 0.6) is 0 Å². The number of halogens is 1. The zero-order chi connectivity index (χ0) is 11.0. The Morgan fingerprint density at radius 3 is 2.80 bits per heavy atom. The van der Waals surface area contributed by atoms with E-state index in [-0.39, 0.29) is 0 Å². The van der Waals surface area contributed by atoms with E-state index < -0.39 is 0 Å². The molecule has 0 aliphatic carbocycles. The van der Waals surface area contributed by atoms with Crippen molar-refractivity contribution in [2.75, 3.05) is 5.73 Å². The zero-order valence-corrected chi connectivity index (χ0v) is 9.60. The Morgan fingerprint density at radius 1 is 1.40 bits per heavy atom. The van der Waals surface area contributed by atoms with Gasteiger partial charge in [0.25, 0.3) is 0 Å². The summed E-state index contributed by atoms with van der Waals surface area (Å²) in [5.74, 6) is 0. The van der Waals surface area contributed by atoms with Crippen molar-refractivity contribution in [1.82, 2.24) is 4.98 Å². The van der Waals surface area contributed by atoms with E-state index in [0.29, 0.717) is 5.02 Å². The second-order valence-electron chi connectivity index (χ2n) is 3.64. The maximum absolute atomic E-state index is 6.11. The van der Waals surface area contributed by atoms with Crippen molar-refractivity contribution in [3.05, 3.63) is 34.5 Å². The highest BCUT2D eigenvalue weighted by molar-refractivity contribution is 6.35. The summed E-state index contributed by atoms with van der Waals surface area (Å²) in [6, 6.07) is 5.70. The molecule has 0 aliphatic heterocycles. The standard InChI is InChI=1S/C12H13ClN2/c1-3-8-6-7(2)15-12-9(13)4-5-10(14)11(8)12/h4-6H,3,14H2,1-2H3. The van der Waals surface area contributed by atoms with Crippen LogP contribution in [0.1, 0.15) is 18.2 Å². The molecule has 1 aromatic heterocycles. The second kappa shape index (κ2) is 3.70. The molecule has 2 nitrogen and oxygen atoms in total. The van der Waals surface area contributed by atoms with Gasteiger partial charge in [-0.25, -0.2) is 0 Å². The van der Waals surface area contributed by atoms with Crippen LogP contribution in [0, 0.1) is 6.92 Å². The predicted octanol–water partition coefficient (Wildman–Crippen LogP) is 3.34. The molecule has 0 saturated heterocycles. The van der Waals surface area contributed by atoms with Crippen LogP contribution in [0.25, 0.3) is 10.9 Å². The maximum atomic E-state index is 6.11. The molecule has 0 saturated carbocycles. The topological polar surface area (TPSA) is 38.9 Å². The van der Waals surface area contributed by atoms with E-state index in [1.807, 2.05) is 13.0 Å². The van der Waals surface area contributed by atoms with Gasteiger partial charge < -0.3 is 5.73 Å². The first-order valence-corrected chi connectivity index (χ1v) is 5.35. The summed E-state index contributed by atoms with van der Waals surface area (Å²) in [4.78, 5) is 4.43. The smallest absolute Gasteiger partial charge is 0.0914 e. The van der Waals surface area contributed by atoms with E-state index >= 15 is 0 Å². The molecule has 1 aromatic carbocycles. The Balaban J connectivity index is 2.95. The number of anilines is 1. The number of hydrogen-bond donors (Lipinski definition) is 1. The monoisotopic (exact) mass is 220 g/mol. The molecule has 1 heterocycles. The van der Waals surface area contributed by atoms with Gasteiger partial charge in [0.1, 0.15) is 0 Å². The van der Waals surface area contributed by atoms with Gasteiger partial charge in [-0.15, -0.1) is 0 Å². The zero-order valence-electron chi connectivity index (χ0n) is 8.84. The minimum Gasteiger partial charge on any atom is -0.398 e. The summed E-state index contributed by atoms with van der Waals surface area (Å²) in [5, 5.41) is 1.66. The lowest BCUT2D eigenvalue weighted by Gasteiger charge is -2.09. The van der Waals surface area contributed by atoms with Gasteiger partial charge >= 0.3 is 0 Å². The van der Waals surface area contributed by atoms with Crippen LogP contribution in [0.15, 0.2) is 18.2 Å². The van der Waals surface area contributed by atoms with Crippen LogP contribution >= 0.6 is 11.6 Å². The lowest BCUT2D eigenvalue weighted by Crippen LogP contribution is -1.96. The third-order valence-electron chi connectivity index (χ3n) is 2.53. The van der Waals surface area contributed by atoms with Crippen molar-refractivity contribution < 1.29 is 0 Å². The first-order chi connectivity index (χ1) is 7.13. The molecule has 0 radical (unpaired) electrons. The molecule has 0 aliphatic rings. The lowest BCUT2D eigenvalue weighted by molar-refractivity contribution is 1.12. The quantitative estimate of drug-likeness (QED) is 0.749. The van der Waals surface area contributed by atoms with Gasteiger partial charge in [0.05, 0.1) is 10.5 Å². The maximum Gasteiger partial charge on any atom is 0.0914 e. The Morgan fingerprint density at radius 2 is 2.13 bits per heavy atom. The molecule has 0 amide bonds. The van der Waals surface area contributed by atoms with E-state index in [1.54, 1.807) is 6.07 Å². The fraction of sp³-hybridized carbons (Fsp3) is 0.250. The SMILES string of the molecule is CCc1cc(C)nc2c(Cl)ccc(N)c12. The predicted molar refractivity (Wildman–Crippen MR) is 65.3 cm³/mol. The van der Waals surface area contributed by atoms with Gasteiger partial charge in [-0.2, -0.15) is 0 Å². The number of fused-ring (bicyclic) bond motifs is 1. The van der Waals surface area contributed by atoms with Gasteiger partial charge in [-0.3, -0.25) is 4.98 Å². The molecule has 0 unspecified atom stereocenters. The number of rotatable bonds is 1. The highest BCUT2D eigenvalue weighted by Gasteiger charge is 2.08. The molecule has 2 N–H and O–H groups in total. The molecule has 0 fully saturated rings. The van der Waals surface area contributed by atoms with Crippen molar-refractivity contribution in [1.29, 1.82) is 0 Å². The number of benzene rings is 1. The van der Waals surface area contributed by atoms with Crippen molar-refractivity contribution in [2.24, 2.45) is 0 Å². The summed E-state index contributed by atoms with van der Waals surface area (Å²) >= 11 is 6.11. The highest BCUT2D eigenvalue weighted by atomic mass is 35.5. The Labute approximate surface area is 94.1 Å². The number of nitrogens with zero attached hydrogens (tertiary/aromatic N) is 1. The minimum atomic E-state index is 0.664. The van der Waals surface area contributed by atoms with Crippen LogP contribution < -0.4 is 5.73 Å². The molecule has 3 heteroatoms. The van der Waals surface area contributed by atoms with E-state index in [4.69, 9.17) is 17.3 Å². The number of nitrogens with two attached hydrogens (primary N) is 1. The van der Waals surface area contributed by atoms with Crippen molar-refractivity contribution in [2.45, 2.75) is 20.3 Å². The molecular weight excluding hydrogens is 208 g/mol. The molecular formula is C12H13ClN2. The van der Waals surface area contributed by atoms with E-state index in [0.717, 1.165) is 28.7 Å². The lowest BCUT2D eigenvalue weighted by atomic mass is 10.0. The Kier molecular flexibility index (Phi) is 2.53. The molecule has 2 aromatic rings. The first kappa shape index (κ1) is 10.2. The number of aromatic nitrogens is 1. The average Bonchev–Trinajstić information content (AvgIpc) is 2.22. The first-order valence-electron chi connectivity index (χ1n) is 4.97. The van der Waals surface area contributed by atoms with Gasteiger partial charge in [0.15, 0.2) is 0 Å². The summed E-state index contributed by atoms with van der Waals surface area (Å²) in [6.45, 7) is 4.08. The molecule has 78 valence electrons. The number of aryl methyl sites for hydroxylation is 2. The summed E-state index contributed by atoms with van der Waals surface area (Å²) in [7, 11) is 0. The van der Waals surface area contributed by atoms with Crippen LogP contribution in [0.2, 0.25) is 5.02 Å². The van der Waals surface area contributed by atoms with Crippen LogP contribution in [0.4, 0.5) is 5.69 Å². The third-order valence-corrected chi connectivity index (χ3v) is 2.84. The Hall–Kier alpha value is -1.28. The van der Waals surface area contributed by atoms with Gasteiger partial charge in [0, 0.05) is 16.8 Å². The third kappa shape index (κ3) is 1.65. The van der Waals surface area contributed by atoms with E-state index in [9.17, 15) is 0 Å². The Bertz CT molecular complexity index is 521. The molecule has 15 heavy (non-hydrogen) atoms. The summed E-state index contributed by atoms with van der Waals surface area (Å²) < 4.78 is 0. The minimum absolute atomic E-state index is 0.664. The van der Waals surface area contributed by atoms with Crippen LogP contribution in [-0.4, -0.2) is 4.98 Å². The molecule has 2 rings (SSSR count). The van der Waals surface area contributed by atoms with Gasteiger partial charge in [-0.05, 0) is 37.1 Å². The highest BCUT2D eigenvalue weighted by Crippen LogP contribution is 2.30. The van der Waals surface area contributed by atoms with E-state index in [1.165, 1.54) is 5.56 Å². The summed E-state index contributed by atoms with van der Waals surface area (Å²) in [5.41, 5.74) is 9.70. The van der Waals surface area contributed by atoms with Crippen LogP contribution in [0.3, 0.4) is 0 Å². The molecule has 0 bridgehead atoms. The van der Waals surface area contributed by atoms with Crippen molar-refractivity contribution in [3.63, 3.8) is 0 Å². The largest absolute Gasteiger partial charge is 0.398 e. The van der Waals surface area contributed by atoms with Crippen molar-refractivity contribution >= 4 is 28.2 Å². The van der Waals surface area contributed by atoms with Crippen LogP contribution in [-0.2, 0) is 6.42 Å². The average molecular weight is 221 g/mol.